The van der Waals surface area contributed by atoms with Gasteiger partial charge < -0.3 is 5.11 Å². The molecule has 1 unspecified atom stereocenters. The molecule has 0 saturated heterocycles. The molecule has 9 heteroatoms. The third-order valence-corrected chi connectivity index (χ3v) is 7.59. The summed E-state index contributed by atoms with van der Waals surface area (Å²) in [5.41, 5.74) is 5.51. The van der Waals surface area contributed by atoms with Gasteiger partial charge in [-0.25, -0.2) is 17.8 Å². The van der Waals surface area contributed by atoms with E-state index in [0.717, 1.165) is 27.8 Å². The first-order chi connectivity index (χ1) is 16.2. The van der Waals surface area contributed by atoms with Gasteiger partial charge in [0, 0.05) is 19.5 Å². The van der Waals surface area contributed by atoms with Crippen LogP contribution in [0.5, 0.6) is 0 Å². The Morgan fingerprint density at radius 1 is 1.03 bits per heavy atom. The summed E-state index contributed by atoms with van der Waals surface area (Å²) in [6, 6.07) is 18.1. The van der Waals surface area contributed by atoms with Crippen molar-refractivity contribution < 1.29 is 18.3 Å². The quantitative estimate of drug-likeness (QED) is 0.399. The third kappa shape index (κ3) is 4.85. The number of benzene rings is 3. The summed E-state index contributed by atoms with van der Waals surface area (Å²) < 4.78 is 30.0. The van der Waals surface area contributed by atoms with Crippen molar-refractivity contribution in [1.29, 1.82) is 0 Å². The van der Waals surface area contributed by atoms with Crippen molar-refractivity contribution in [3.8, 4) is 0 Å². The molecule has 34 heavy (non-hydrogen) atoms. The second-order valence-corrected chi connectivity index (χ2v) is 10.1. The van der Waals surface area contributed by atoms with Gasteiger partial charge in [0.2, 0.25) is 10.0 Å². The van der Waals surface area contributed by atoms with Crippen LogP contribution in [-0.4, -0.2) is 34.5 Å². The standard InChI is InChI=1S/C25H26N4O4S/c1-16-8-9-18(12-20(16)15-26-34(32,33)24-7-5-4-6-17(24)2)21(14-25(30)31)19-10-11-23-22(13-19)27-28-29(23)3/h4-13,21,26H,14-15H2,1-3H3,(H,30,31). The van der Waals surface area contributed by atoms with Crippen LogP contribution in [0.15, 0.2) is 65.6 Å². The van der Waals surface area contributed by atoms with Gasteiger partial charge in [-0.05, 0) is 59.9 Å². The Balaban J connectivity index is 1.66. The zero-order valence-electron chi connectivity index (χ0n) is 19.2. The zero-order valence-corrected chi connectivity index (χ0v) is 20.0. The van der Waals surface area contributed by atoms with Crippen molar-refractivity contribution in [3.63, 3.8) is 0 Å². The number of hydrogen-bond acceptors (Lipinski definition) is 5. The molecule has 0 spiro atoms. The van der Waals surface area contributed by atoms with E-state index in [1.807, 2.05) is 43.3 Å². The number of aliphatic carboxylic acids is 1. The van der Waals surface area contributed by atoms with E-state index in [1.54, 1.807) is 42.9 Å². The molecule has 0 aliphatic rings. The number of carbonyl (C=O) groups is 1. The molecule has 176 valence electrons. The molecule has 4 aromatic rings. The predicted molar refractivity (Wildman–Crippen MR) is 129 cm³/mol. The van der Waals surface area contributed by atoms with E-state index in [9.17, 15) is 18.3 Å². The first-order valence-electron chi connectivity index (χ1n) is 10.8. The van der Waals surface area contributed by atoms with Crippen LogP contribution in [0.2, 0.25) is 0 Å². The first kappa shape index (κ1) is 23.6. The van der Waals surface area contributed by atoms with Gasteiger partial charge in [-0.2, -0.15) is 0 Å². The maximum Gasteiger partial charge on any atom is 0.304 e. The Morgan fingerprint density at radius 2 is 1.74 bits per heavy atom. The lowest BCUT2D eigenvalue weighted by atomic mass is 9.86. The minimum Gasteiger partial charge on any atom is -0.481 e. The minimum atomic E-state index is -3.69. The molecule has 3 aromatic carbocycles. The van der Waals surface area contributed by atoms with E-state index >= 15 is 0 Å². The number of carboxylic acids is 1. The van der Waals surface area contributed by atoms with Crippen LogP contribution in [0.3, 0.4) is 0 Å². The summed E-state index contributed by atoms with van der Waals surface area (Å²) in [7, 11) is -1.89. The molecule has 4 rings (SSSR count). The Labute approximate surface area is 198 Å². The average Bonchev–Trinajstić information content (AvgIpc) is 3.17. The molecule has 0 saturated carbocycles. The Kier molecular flexibility index (Phi) is 6.49. The number of aromatic nitrogens is 3. The molecule has 0 fully saturated rings. The highest BCUT2D eigenvalue weighted by molar-refractivity contribution is 7.89. The van der Waals surface area contributed by atoms with E-state index in [-0.39, 0.29) is 17.9 Å². The van der Waals surface area contributed by atoms with Gasteiger partial charge >= 0.3 is 5.97 Å². The second-order valence-electron chi connectivity index (χ2n) is 8.39. The Morgan fingerprint density at radius 3 is 2.47 bits per heavy atom. The topological polar surface area (TPSA) is 114 Å². The number of rotatable bonds is 8. The number of hydrogen-bond donors (Lipinski definition) is 2. The van der Waals surface area contributed by atoms with Gasteiger partial charge in [-0.1, -0.05) is 47.7 Å². The highest BCUT2D eigenvalue weighted by Crippen LogP contribution is 2.31. The molecule has 8 nitrogen and oxygen atoms in total. The first-order valence-corrected chi connectivity index (χ1v) is 12.3. The number of carboxylic acid groups (broad SMARTS) is 1. The van der Waals surface area contributed by atoms with Crippen molar-refractivity contribution in [2.75, 3.05) is 0 Å². The van der Waals surface area contributed by atoms with Gasteiger partial charge in [0.15, 0.2) is 0 Å². The lowest BCUT2D eigenvalue weighted by Crippen LogP contribution is -2.24. The maximum atomic E-state index is 12.8. The predicted octanol–water partition coefficient (Wildman–Crippen LogP) is 3.67. The molecule has 1 aromatic heterocycles. The number of aryl methyl sites for hydroxylation is 3. The maximum absolute atomic E-state index is 12.8. The zero-order chi connectivity index (χ0) is 24.5. The van der Waals surface area contributed by atoms with Crippen LogP contribution in [0.1, 0.15) is 40.2 Å². The molecule has 0 bridgehead atoms. The normalized spacial score (nSPS) is 12.7. The monoisotopic (exact) mass is 478 g/mol. The van der Waals surface area contributed by atoms with Crippen LogP contribution in [0.25, 0.3) is 11.0 Å². The van der Waals surface area contributed by atoms with Crippen molar-refractivity contribution >= 4 is 27.0 Å². The van der Waals surface area contributed by atoms with Crippen LogP contribution in [0.4, 0.5) is 0 Å². The fraction of sp³-hybridized carbons (Fsp3) is 0.240. The van der Waals surface area contributed by atoms with Crippen LogP contribution in [0, 0.1) is 13.8 Å². The van der Waals surface area contributed by atoms with E-state index < -0.39 is 21.9 Å². The summed E-state index contributed by atoms with van der Waals surface area (Å²) in [6.07, 6.45) is -0.108. The van der Waals surface area contributed by atoms with E-state index in [2.05, 4.69) is 15.0 Å². The number of nitrogens with one attached hydrogen (secondary N) is 1. The van der Waals surface area contributed by atoms with E-state index in [0.29, 0.717) is 11.1 Å². The molecular formula is C25H26N4O4S. The molecule has 2 N–H and O–H groups in total. The molecule has 1 heterocycles. The molecule has 1 atom stereocenters. The average molecular weight is 479 g/mol. The third-order valence-electron chi connectivity index (χ3n) is 6.03. The van der Waals surface area contributed by atoms with Gasteiger partial charge in [-0.3, -0.25) is 4.79 Å². The Bertz CT molecular complexity index is 1480. The lowest BCUT2D eigenvalue weighted by Gasteiger charge is -2.19. The molecule has 0 amide bonds. The summed E-state index contributed by atoms with van der Waals surface area (Å²) in [6.45, 7) is 3.75. The van der Waals surface area contributed by atoms with Gasteiger partial charge in [0.25, 0.3) is 0 Å². The lowest BCUT2D eigenvalue weighted by molar-refractivity contribution is -0.137. The summed E-state index contributed by atoms with van der Waals surface area (Å²) in [5, 5.41) is 17.8. The summed E-state index contributed by atoms with van der Waals surface area (Å²) in [5.74, 6) is -1.34. The van der Waals surface area contributed by atoms with Crippen LogP contribution >= 0.6 is 0 Å². The van der Waals surface area contributed by atoms with E-state index in [1.165, 1.54) is 0 Å². The number of sulfonamides is 1. The fourth-order valence-corrected chi connectivity index (χ4v) is 5.33. The van der Waals surface area contributed by atoms with Crippen molar-refractivity contribution in [2.24, 2.45) is 7.05 Å². The fourth-order valence-electron chi connectivity index (χ4n) is 4.08. The highest BCUT2D eigenvalue weighted by atomic mass is 32.2. The Hall–Kier alpha value is -3.56. The van der Waals surface area contributed by atoms with Gasteiger partial charge in [0.05, 0.1) is 16.8 Å². The van der Waals surface area contributed by atoms with Crippen molar-refractivity contribution in [3.05, 3.63) is 88.5 Å². The minimum absolute atomic E-state index is 0.0966. The summed E-state index contributed by atoms with van der Waals surface area (Å²) >= 11 is 0. The largest absolute Gasteiger partial charge is 0.481 e. The van der Waals surface area contributed by atoms with Crippen molar-refractivity contribution in [1.82, 2.24) is 19.7 Å². The van der Waals surface area contributed by atoms with Crippen LogP contribution in [-0.2, 0) is 28.4 Å². The second kappa shape index (κ2) is 9.36. The smallest absolute Gasteiger partial charge is 0.304 e. The molecule has 0 aliphatic carbocycles. The van der Waals surface area contributed by atoms with Crippen LogP contribution < -0.4 is 4.72 Å². The molecule has 0 aliphatic heterocycles. The number of fused-ring (bicyclic) bond motifs is 1. The van der Waals surface area contributed by atoms with Crippen molar-refractivity contribution in [2.45, 2.75) is 37.6 Å². The van der Waals surface area contributed by atoms with Gasteiger partial charge in [0.1, 0.15) is 5.52 Å². The van der Waals surface area contributed by atoms with Gasteiger partial charge in [-0.15, -0.1) is 5.10 Å². The van der Waals surface area contributed by atoms with E-state index in [4.69, 9.17) is 0 Å². The molecule has 0 radical (unpaired) electrons. The molecular weight excluding hydrogens is 452 g/mol. The summed E-state index contributed by atoms with van der Waals surface area (Å²) in [4.78, 5) is 11.9. The number of nitrogens with zero attached hydrogens (tertiary/aromatic N) is 3. The SMILES string of the molecule is Cc1ccc(C(CC(=O)O)c2ccc3c(c2)nnn3C)cc1CNS(=O)(=O)c1ccccc1C. The highest BCUT2D eigenvalue weighted by Gasteiger charge is 2.21.